The van der Waals surface area contributed by atoms with Crippen molar-refractivity contribution in [3.8, 4) is 0 Å². The van der Waals surface area contributed by atoms with Crippen molar-refractivity contribution in [1.29, 1.82) is 0 Å². The van der Waals surface area contributed by atoms with Crippen LogP contribution in [0.25, 0.3) is 0 Å². The molecule has 0 fully saturated rings. The molecular weight excluding hydrogens is 379 g/mol. The Morgan fingerprint density at radius 3 is 2.62 bits per heavy atom. The normalized spacial score (nSPS) is 11.4. The maximum Gasteiger partial charge on any atom is 0.264 e. The number of hydrogen-bond donors (Lipinski definition) is 2. The molecule has 0 atom stereocenters. The molecule has 0 unspecified atom stereocenters. The summed E-state index contributed by atoms with van der Waals surface area (Å²) in [5, 5.41) is 0. The summed E-state index contributed by atoms with van der Waals surface area (Å²) in [5.74, 6) is -0.870. The molecule has 0 aliphatic heterocycles. The Labute approximate surface area is 135 Å². The third-order valence-corrected chi connectivity index (χ3v) is 5.56. The smallest absolute Gasteiger partial charge is 0.264 e. The van der Waals surface area contributed by atoms with Gasteiger partial charge in [0.15, 0.2) is 0 Å². The van der Waals surface area contributed by atoms with Crippen LogP contribution in [-0.2, 0) is 10.0 Å². The van der Waals surface area contributed by atoms with Gasteiger partial charge < -0.3 is 5.73 Å². The lowest BCUT2D eigenvalue weighted by atomic mass is 10.3. The van der Waals surface area contributed by atoms with Crippen LogP contribution >= 0.6 is 27.7 Å². The molecule has 0 saturated carbocycles. The van der Waals surface area contributed by atoms with Crippen molar-refractivity contribution in [2.24, 2.45) is 0 Å². The highest BCUT2D eigenvalue weighted by atomic mass is 79.9. The second-order valence-electron chi connectivity index (χ2n) is 4.11. The Balaban J connectivity index is 2.46. The van der Waals surface area contributed by atoms with Crippen LogP contribution in [0.2, 0.25) is 0 Å². The summed E-state index contributed by atoms with van der Waals surface area (Å²) in [6.45, 7) is 0. The van der Waals surface area contributed by atoms with E-state index >= 15 is 0 Å². The highest BCUT2D eigenvalue weighted by Crippen LogP contribution is 2.30. The highest BCUT2D eigenvalue weighted by Gasteiger charge is 2.21. The van der Waals surface area contributed by atoms with Gasteiger partial charge in [-0.3, -0.25) is 4.72 Å². The van der Waals surface area contributed by atoms with Crippen LogP contribution in [0.15, 0.2) is 50.7 Å². The van der Waals surface area contributed by atoms with Gasteiger partial charge in [-0.1, -0.05) is 12.1 Å². The van der Waals surface area contributed by atoms with Gasteiger partial charge >= 0.3 is 0 Å². The average molecular weight is 391 g/mol. The molecule has 0 aliphatic carbocycles. The molecule has 4 nitrogen and oxygen atoms in total. The average Bonchev–Trinajstić information content (AvgIpc) is 2.43. The first-order valence-corrected chi connectivity index (χ1v) is 9.25. The Morgan fingerprint density at radius 1 is 1.29 bits per heavy atom. The number of para-hydroxylation sites is 1. The third-order valence-electron chi connectivity index (χ3n) is 2.69. The Bertz CT molecular complexity index is 782. The van der Waals surface area contributed by atoms with E-state index in [0.29, 0.717) is 10.2 Å². The van der Waals surface area contributed by atoms with Gasteiger partial charge in [-0.2, -0.15) is 0 Å². The van der Waals surface area contributed by atoms with Crippen LogP contribution < -0.4 is 10.5 Å². The molecule has 0 heterocycles. The fourth-order valence-electron chi connectivity index (χ4n) is 1.68. The number of rotatable bonds is 4. The highest BCUT2D eigenvalue weighted by molar-refractivity contribution is 9.10. The molecule has 2 rings (SSSR count). The minimum atomic E-state index is -4.06. The maximum absolute atomic E-state index is 13.9. The van der Waals surface area contributed by atoms with Gasteiger partial charge in [0.2, 0.25) is 0 Å². The first-order chi connectivity index (χ1) is 9.85. The minimum absolute atomic E-state index is 0.148. The lowest BCUT2D eigenvalue weighted by Crippen LogP contribution is -2.15. The molecule has 8 heteroatoms. The van der Waals surface area contributed by atoms with Gasteiger partial charge in [0.05, 0.1) is 5.69 Å². The van der Waals surface area contributed by atoms with Crippen molar-refractivity contribution in [3.05, 3.63) is 46.7 Å². The zero-order chi connectivity index (χ0) is 15.6. The number of anilines is 2. The van der Waals surface area contributed by atoms with Crippen molar-refractivity contribution in [3.63, 3.8) is 0 Å². The lowest BCUT2D eigenvalue weighted by Gasteiger charge is -2.12. The van der Waals surface area contributed by atoms with E-state index in [1.807, 2.05) is 6.26 Å². The number of halogens is 2. The first-order valence-electron chi connectivity index (χ1n) is 5.75. The molecule has 112 valence electrons. The van der Waals surface area contributed by atoms with E-state index in [0.717, 1.165) is 17.0 Å². The van der Waals surface area contributed by atoms with Crippen molar-refractivity contribution >= 4 is 49.1 Å². The van der Waals surface area contributed by atoms with Crippen molar-refractivity contribution < 1.29 is 12.8 Å². The molecule has 0 aliphatic rings. The summed E-state index contributed by atoms with van der Waals surface area (Å²) in [6, 6.07) is 9.00. The molecule has 21 heavy (non-hydrogen) atoms. The van der Waals surface area contributed by atoms with Crippen LogP contribution in [0.4, 0.5) is 15.8 Å². The zero-order valence-corrected chi connectivity index (χ0v) is 14.1. The summed E-state index contributed by atoms with van der Waals surface area (Å²) in [7, 11) is -4.06. The van der Waals surface area contributed by atoms with E-state index in [-0.39, 0.29) is 5.69 Å². The minimum Gasteiger partial charge on any atom is -0.398 e. The number of thioether (sulfide) groups is 1. The van der Waals surface area contributed by atoms with E-state index < -0.39 is 20.7 Å². The third kappa shape index (κ3) is 3.50. The molecule has 0 spiro atoms. The number of hydrogen-bond acceptors (Lipinski definition) is 4. The first kappa shape index (κ1) is 16.1. The molecule has 0 aromatic heterocycles. The predicted molar refractivity (Wildman–Crippen MR) is 87.5 cm³/mol. The largest absolute Gasteiger partial charge is 0.398 e. The molecule has 2 aromatic rings. The second kappa shape index (κ2) is 6.25. The summed E-state index contributed by atoms with van der Waals surface area (Å²) in [6.07, 6.45) is 1.82. The molecule has 0 amide bonds. The van der Waals surface area contributed by atoms with Crippen molar-refractivity contribution in [2.45, 2.75) is 9.79 Å². The quantitative estimate of drug-likeness (QED) is 0.616. The van der Waals surface area contributed by atoms with Crippen LogP contribution in [0, 0.1) is 5.82 Å². The van der Waals surface area contributed by atoms with Gasteiger partial charge in [-0.25, -0.2) is 12.8 Å². The molecule has 0 radical (unpaired) electrons. The summed E-state index contributed by atoms with van der Waals surface area (Å²) >= 11 is 4.44. The van der Waals surface area contributed by atoms with E-state index in [4.69, 9.17) is 5.73 Å². The van der Waals surface area contributed by atoms with E-state index in [1.165, 1.54) is 11.8 Å². The van der Waals surface area contributed by atoms with E-state index in [9.17, 15) is 12.8 Å². The molecular formula is C13H12BrFN2O2S2. The van der Waals surface area contributed by atoms with Crippen molar-refractivity contribution in [2.75, 3.05) is 16.7 Å². The summed E-state index contributed by atoms with van der Waals surface area (Å²) in [4.78, 5) is 0.255. The van der Waals surface area contributed by atoms with Gasteiger partial charge in [0.1, 0.15) is 10.7 Å². The van der Waals surface area contributed by atoms with E-state index in [1.54, 1.807) is 24.3 Å². The topological polar surface area (TPSA) is 72.2 Å². The lowest BCUT2D eigenvalue weighted by molar-refractivity contribution is 0.570. The van der Waals surface area contributed by atoms with Gasteiger partial charge in [-0.05, 0) is 46.5 Å². The standard InChI is InChI=1S/C13H12BrFN2O2S2/c1-20-12-5-3-2-4-11(12)17-21(18,19)13-7-10(16)8(14)6-9(13)15/h2-7,17H,16H2,1H3. The fraction of sp³-hybridized carbons (Fsp3) is 0.0769. The second-order valence-corrected chi connectivity index (χ2v) is 7.46. The SMILES string of the molecule is CSc1ccccc1NS(=O)(=O)c1cc(N)c(Br)cc1F. The van der Waals surface area contributed by atoms with Gasteiger partial charge in [-0.15, -0.1) is 11.8 Å². The van der Waals surface area contributed by atoms with Crippen molar-refractivity contribution in [1.82, 2.24) is 0 Å². The summed E-state index contributed by atoms with van der Waals surface area (Å²) < 4.78 is 41.2. The number of benzene rings is 2. The number of nitrogens with one attached hydrogen (secondary N) is 1. The number of nitrogen functional groups attached to an aromatic ring is 1. The Kier molecular flexibility index (Phi) is 4.80. The number of sulfonamides is 1. The van der Waals surface area contributed by atoms with Gasteiger partial charge in [0.25, 0.3) is 10.0 Å². The molecule has 3 N–H and O–H groups in total. The Hall–Kier alpha value is -1.25. The number of nitrogens with two attached hydrogens (primary N) is 1. The molecule has 0 bridgehead atoms. The zero-order valence-electron chi connectivity index (χ0n) is 10.9. The van der Waals surface area contributed by atoms with Crippen LogP contribution in [0.1, 0.15) is 0 Å². The Morgan fingerprint density at radius 2 is 1.95 bits per heavy atom. The molecule has 2 aromatic carbocycles. The predicted octanol–water partition coefficient (Wildman–Crippen LogP) is 3.69. The van der Waals surface area contributed by atoms with E-state index in [2.05, 4.69) is 20.7 Å². The van der Waals surface area contributed by atoms with Crippen LogP contribution in [-0.4, -0.2) is 14.7 Å². The van der Waals surface area contributed by atoms with Crippen LogP contribution in [0.3, 0.4) is 0 Å². The molecule has 0 saturated heterocycles. The summed E-state index contributed by atoms with van der Waals surface area (Å²) in [5.41, 5.74) is 6.17. The monoisotopic (exact) mass is 390 g/mol. The fourth-order valence-corrected chi connectivity index (χ4v) is 3.79. The van der Waals surface area contributed by atoms with Crippen LogP contribution in [0.5, 0.6) is 0 Å². The maximum atomic E-state index is 13.9. The van der Waals surface area contributed by atoms with Gasteiger partial charge in [0, 0.05) is 15.1 Å².